The van der Waals surface area contributed by atoms with Gasteiger partial charge in [0.15, 0.2) is 0 Å². The number of aliphatic carboxylic acids is 1. The van der Waals surface area contributed by atoms with Crippen LogP contribution in [0.25, 0.3) is 0 Å². The number of nitrogens with zero attached hydrogens (tertiary/aromatic N) is 1. The molecule has 0 aromatic rings. The van der Waals surface area contributed by atoms with Gasteiger partial charge in [-0.15, -0.1) is 0 Å². The van der Waals surface area contributed by atoms with E-state index < -0.39 is 5.97 Å². The van der Waals surface area contributed by atoms with E-state index in [-0.39, 0.29) is 18.0 Å². The van der Waals surface area contributed by atoms with Crippen LogP contribution >= 0.6 is 0 Å². The van der Waals surface area contributed by atoms with Crippen LogP contribution in [0.4, 0.5) is 4.79 Å². The molecule has 4 fully saturated rings. The second kappa shape index (κ2) is 5.43. The van der Waals surface area contributed by atoms with Gasteiger partial charge in [-0.1, -0.05) is 0 Å². The number of nitrogens with one attached hydrogen (secondary N) is 1. The molecule has 5 nitrogen and oxygen atoms in total. The summed E-state index contributed by atoms with van der Waals surface area (Å²) < 4.78 is 0. The molecule has 3 saturated carbocycles. The number of hydrogen-bond donors (Lipinski definition) is 2. The molecule has 4 aliphatic rings. The van der Waals surface area contributed by atoms with Crippen LogP contribution in [-0.2, 0) is 4.79 Å². The predicted molar refractivity (Wildman–Crippen MR) is 81.3 cm³/mol. The van der Waals surface area contributed by atoms with Crippen LogP contribution in [-0.4, -0.2) is 41.1 Å². The van der Waals surface area contributed by atoms with Crippen molar-refractivity contribution in [2.24, 2.45) is 29.6 Å². The molecule has 2 bridgehead atoms. The van der Waals surface area contributed by atoms with Crippen molar-refractivity contribution >= 4 is 12.0 Å². The highest BCUT2D eigenvalue weighted by Crippen LogP contribution is 2.55. The van der Waals surface area contributed by atoms with Gasteiger partial charge >= 0.3 is 12.0 Å². The van der Waals surface area contributed by atoms with Gasteiger partial charge in [0, 0.05) is 19.1 Å². The topological polar surface area (TPSA) is 69.6 Å². The maximum absolute atomic E-state index is 12.5. The number of carbonyl (C=O) groups excluding carboxylic acids is 1. The van der Waals surface area contributed by atoms with Gasteiger partial charge in [0.2, 0.25) is 0 Å². The van der Waals surface area contributed by atoms with E-state index in [4.69, 9.17) is 5.11 Å². The first-order valence-electron chi connectivity index (χ1n) is 8.90. The average molecular weight is 306 g/mol. The van der Waals surface area contributed by atoms with Gasteiger partial charge in [0.05, 0.1) is 5.92 Å². The molecule has 0 aromatic heterocycles. The smallest absolute Gasteiger partial charge is 0.317 e. The van der Waals surface area contributed by atoms with Crippen LogP contribution in [0.5, 0.6) is 0 Å². The van der Waals surface area contributed by atoms with Crippen LogP contribution < -0.4 is 5.32 Å². The lowest BCUT2D eigenvalue weighted by Crippen LogP contribution is -2.46. The van der Waals surface area contributed by atoms with Crippen LogP contribution in [0.2, 0.25) is 0 Å². The first-order chi connectivity index (χ1) is 10.6. The van der Waals surface area contributed by atoms with E-state index in [0.29, 0.717) is 12.8 Å². The fourth-order valence-corrected chi connectivity index (χ4v) is 5.60. The number of likely N-dealkylation sites (tertiary alicyclic amines) is 1. The van der Waals surface area contributed by atoms with Gasteiger partial charge in [0.1, 0.15) is 0 Å². The van der Waals surface area contributed by atoms with Gasteiger partial charge in [-0.3, -0.25) is 4.79 Å². The minimum Gasteiger partial charge on any atom is -0.481 e. The van der Waals surface area contributed by atoms with Crippen molar-refractivity contribution in [2.45, 2.75) is 51.0 Å². The number of urea groups is 1. The number of carboxylic acid groups (broad SMARTS) is 1. The second-order valence-electron chi connectivity index (χ2n) is 7.90. The summed E-state index contributed by atoms with van der Waals surface area (Å²) in [6.45, 7) is 1.89. The maximum Gasteiger partial charge on any atom is 0.317 e. The predicted octanol–water partition coefficient (Wildman–Crippen LogP) is 2.32. The van der Waals surface area contributed by atoms with Crippen molar-refractivity contribution in [3.63, 3.8) is 0 Å². The van der Waals surface area contributed by atoms with E-state index in [2.05, 4.69) is 5.32 Å². The zero-order valence-electron chi connectivity index (χ0n) is 13.0. The van der Waals surface area contributed by atoms with Crippen molar-refractivity contribution in [3.05, 3.63) is 0 Å². The Kier molecular flexibility index (Phi) is 3.54. The summed E-state index contributed by atoms with van der Waals surface area (Å²) in [7, 11) is 0. The molecule has 4 rings (SSSR count). The average Bonchev–Trinajstić information content (AvgIpc) is 3.20. The quantitative estimate of drug-likeness (QED) is 0.822. The number of carboxylic acids is 1. The lowest BCUT2D eigenvalue weighted by molar-refractivity contribution is -0.142. The molecule has 2 amide bonds. The van der Waals surface area contributed by atoms with Gasteiger partial charge in [-0.25, -0.2) is 4.79 Å². The summed E-state index contributed by atoms with van der Waals surface area (Å²) in [6, 6.07) is 0.257. The molecule has 1 aliphatic heterocycles. The zero-order chi connectivity index (χ0) is 15.3. The first-order valence-corrected chi connectivity index (χ1v) is 8.90. The molecule has 4 atom stereocenters. The molecule has 22 heavy (non-hydrogen) atoms. The van der Waals surface area contributed by atoms with E-state index >= 15 is 0 Å². The Labute approximate surface area is 131 Å². The number of hydrogen-bond acceptors (Lipinski definition) is 2. The molecule has 0 radical (unpaired) electrons. The summed E-state index contributed by atoms with van der Waals surface area (Å²) in [5, 5.41) is 12.2. The molecule has 2 N–H and O–H groups in total. The third kappa shape index (κ3) is 2.38. The standard InChI is InChI=1S/C17H26N2O3/c20-16(21)10-3-5-13(6-4-10)18-17(22)19-8-14-11-1-2-12(7-11)15(14)9-19/h10-15H,1-9H2,(H,18,22)(H,20,21). The number of amides is 2. The maximum atomic E-state index is 12.5. The molecular weight excluding hydrogens is 280 g/mol. The molecule has 5 heteroatoms. The third-order valence-electron chi connectivity index (χ3n) is 6.83. The molecule has 0 spiro atoms. The summed E-state index contributed by atoms with van der Waals surface area (Å²) >= 11 is 0. The van der Waals surface area contributed by atoms with Crippen molar-refractivity contribution < 1.29 is 14.7 Å². The minimum absolute atomic E-state index is 0.0903. The normalized spacial score (nSPS) is 43.2. The Morgan fingerprint density at radius 1 is 0.909 bits per heavy atom. The summed E-state index contributed by atoms with van der Waals surface area (Å²) in [4.78, 5) is 25.5. The summed E-state index contributed by atoms with van der Waals surface area (Å²) in [5.41, 5.74) is 0. The van der Waals surface area contributed by atoms with E-state index in [1.54, 1.807) is 0 Å². The number of fused-ring (bicyclic) bond motifs is 5. The van der Waals surface area contributed by atoms with Gasteiger partial charge < -0.3 is 15.3 Å². The first kappa shape index (κ1) is 14.3. The van der Waals surface area contributed by atoms with E-state index in [1.165, 1.54) is 19.3 Å². The van der Waals surface area contributed by atoms with E-state index in [9.17, 15) is 9.59 Å². The van der Waals surface area contributed by atoms with Crippen molar-refractivity contribution in [2.75, 3.05) is 13.1 Å². The third-order valence-corrected chi connectivity index (χ3v) is 6.83. The summed E-state index contributed by atoms with van der Waals surface area (Å²) in [6.07, 6.45) is 7.14. The van der Waals surface area contributed by atoms with Crippen molar-refractivity contribution in [1.82, 2.24) is 10.2 Å². The lowest BCUT2D eigenvalue weighted by Gasteiger charge is -2.29. The fraction of sp³-hybridized carbons (Fsp3) is 0.882. The van der Waals surface area contributed by atoms with Gasteiger partial charge in [0.25, 0.3) is 0 Å². The van der Waals surface area contributed by atoms with Crippen molar-refractivity contribution in [3.8, 4) is 0 Å². The molecule has 1 heterocycles. The SMILES string of the molecule is O=C(O)C1CCC(NC(=O)N2CC3C4CCC(C4)C3C2)CC1. The summed E-state index contributed by atoms with van der Waals surface area (Å²) in [5.74, 6) is 2.36. The Bertz CT molecular complexity index is 455. The Morgan fingerprint density at radius 3 is 2.05 bits per heavy atom. The van der Waals surface area contributed by atoms with Crippen molar-refractivity contribution in [1.29, 1.82) is 0 Å². The van der Waals surface area contributed by atoms with E-state index in [0.717, 1.165) is 49.6 Å². The molecule has 0 aromatic carbocycles. The highest BCUT2D eigenvalue weighted by molar-refractivity contribution is 5.75. The Balaban J connectivity index is 1.28. The monoisotopic (exact) mass is 306 g/mol. The number of rotatable bonds is 2. The van der Waals surface area contributed by atoms with Gasteiger partial charge in [-0.05, 0) is 68.6 Å². The second-order valence-corrected chi connectivity index (χ2v) is 7.90. The molecule has 1 saturated heterocycles. The van der Waals surface area contributed by atoms with Gasteiger partial charge in [-0.2, -0.15) is 0 Å². The van der Waals surface area contributed by atoms with Crippen LogP contribution in [0.1, 0.15) is 44.9 Å². The zero-order valence-corrected chi connectivity index (χ0v) is 13.0. The largest absolute Gasteiger partial charge is 0.481 e. The lowest BCUT2D eigenvalue weighted by atomic mass is 9.82. The number of carbonyl (C=O) groups is 2. The highest BCUT2D eigenvalue weighted by Gasteiger charge is 2.52. The molecule has 122 valence electrons. The molecular formula is C17H26N2O3. The Morgan fingerprint density at radius 2 is 1.50 bits per heavy atom. The van der Waals surface area contributed by atoms with E-state index in [1.807, 2.05) is 4.90 Å². The highest BCUT2D eigenvalue weighted by atomic mass is 16.4. The molecule has 3 aliphatic carbocycles. The molecule has 4 unspecified atom stereocenters. The van der Waals surface area contributed by atoms with Crippen LogP contribution in [0.15, 0.2) is 0 Å². The Hall–Kier alpha value is -1.26. The van der Waals surface area contributed by atoms with Crippen LogP contribution in [0, 0.1) is 29.6 Å². The van der Waals surface area contributed by atoms with Crippen LogP contribution in [0.3, 0.4) is 0 Å². The fourth-order valence-electron chi connectivity index (χ4n) is 5.60. The minimum atomic E-state index is -0.687.